The summed E-state index contributed by atoms with van der Waals surface area (Å²) in [5.74, 6) is 0. The first-order valence-corrected chi connectivity index (χ1v) is 7.71. The highest BCUT2D eigenvalue weighted by atomic mass is 15.3. The summed E-state index contributed by atoms with van der Waals surface area (Å²) in [6.07, 6.45) is 0.960. The van der Waals surface area contributed by atoms with Crippen molar-refractivity contribution in [1.82, 2.24) is 0 Å². The van der Waals surface area contributed by atoms with Crippen LogP contribution in [0.15, 0.2) is 54.6 Å². The van der Waals surface area contributed by atoms with E-state index in [0.717, 1.165) is 39.1 Å². The zero-order valence-corrected chi connectivity index (χ0v) is 12.4. The Kier molecular flexibility index (Phi) is 4.41. The van der Waals surface area contributed by atoms with Crippen molar-refractivity contribution in [3.8, 4) is 0 Å². The molecule has 2 aromatic carbocycles. The van der Waals surface area contributed by atoms with Crippen LogP contribution in [-0.2, 0) is 6.42 Å². The number of hydrogen-bond acceptors (Lipinski definition) is 3. The van der Waals surface area contributed by atoms with Crippen LogP contribution in [0.4, 0.5) is 11.4 Å². The van der Waals surface area contributed by atoms with Crippen molar-refractivity contribution in [2.75, 3.05) is 42.5 Å². The van der Waals surface area contributed by atoms with Gasteiger partial charge in [0, 0.05) is 37.6 Å². The molecule has 1 aliphatic rings. The lowest BCUT2D eigenvalue weighted by Gasteiger charge is -2.37. The molecule has 1 heterocycles. The van der Waals surface area contributed by atoms with E-state index < -0.39 is 0 Å². The molecule has 0 spiro atoms. The minimum Gasteiger partial charge on any atom is -0.368 e. The fraction of sp³-hybridized carbons (Fsp3) is 0.333. The predicted octanol–water partition coefficient (Wildman–Crippen LogP) is 2.51. The van der Waals surface area contributed by atoms with Gasteiger partial charge < -0.3 is 15.5 Å². The SMILES string of the molecule is NCCc1ccc(N2CCN(c3ccccc3)CC2)cc1. The van der Waals surface area contributed by atoms with Gasteiger partial charge in [-0.15, -0.1) is 0 Å². The summed E-state index contributed by atoms with van der Waals surface area (Å²) >= 11 is 0. The highest BCUT2D eigenvalue weighted by Crippen LogP contribution is 2.20. The molecule has 0 saturated carbocycles. The van der Waals surface area contributed by atoms with Gasteiger partial charge in [0.2, 0.25) is 0 Å². The van der Waals surface area contributed by atoms with Crippen molar-refractivity contribution in [1.29, 1.82) is 0 Å². The van der Waals surface area contributed by atoms with Gasteiger partial charge in [-0.05, 0) is 42.8 Å². The summed E-state index contributed by atoms with van der Waals surface area (Å²) in [5, 5.41) is 0. The number of piperazine rings is 1. The van der Waals surface area contributed by atoms with E-state index in [9.17, 15) is 0 Å². The first kappa shape index (κ1) is 14.0. The molecule has 21 heavy (non-hydrogen) atoms. The van der Waals surface area contributed by atoms with Gasteiger partial charge in [-0.25, -0.2) is 0 Å². The molecule has 0 aliphatic carbocycles. The Bertz CT molecular complexity index is 542. The summed E-state index contributed by atoms with van der Waals surface area (Å²) < 4.78 is 0. The maximum Gasteiger partial charge on any atom is 0.0367 e. The second-order valence-electron chi connectivity index (χ2n) is 5.51. The highest BCUT2D eigenvalue weighted by Gasteiger charge is 2.17. The summed E-state index contributed by atoms with van der Waals surface area (Å²) in [6, 6.07) is 19.5. The second-order valence-corrected chi connectivity index (χ2v) is 5.51. The number of benzene rings is 2. The fourth-order valence-electron chi connectivity index (χ4n) is 2.90. The Balaban J connectivity index is 1.60. The third kappa shape index (κ3) is 3.37. The van der Waals surface area contributed by atoms with E-state index in [4.69, 9.17) is 5.73 Å². The molecule has 0 amide bonds. The summed E-state index contributed by atoms with van der Waals surface area (Å²) in [5.41, 5.74) is 9.57. The smallest absolute Gasteiger partial charge is 0.0367 e. The van der Waals surface area contributed by atoms with Crippen molar-refractivity contribution in [2.45, 2.75) is 6.42 Å². The largest absolute Gasteiger partial charge is 0.368 e. The summed E-state index contributed by atoms with van der Waals surface area (Å²) in [7, 11) is 0. The van der Waals surface area contributed by atoms with E-state index in [1.807, 2.05) is 0 Å². The van der Waals surface area contributed by atoms with E-state index in [1.165, 1.54) is 16.9 Å². The van der Waals surface area contributed by atoms with Gasteiger partial charge >= 0.3 is 0 Å². The lowest BCUT2D eigenvalue weighted by molar-refractivity contribution is 0.653. The maximum atomic E-state index is 5.60. The lowest BCUT2D eigenvalue weighted by Crippen LogP contribution is -2.46. The minimum atomic E-state index is 0.717. The number of rotatable bonds is 4. The van der Waals surface area contributed by atoms with Crippen LogP contribution in [0.5, 0.6) is 0 Å². The number of nitrogens with zero attached hydrogens (tertiary/aromatic N) is 2. The number of hydrogen-bond donors (Lipinski definition) is 1. The van der Waals surface area contributed by atoms with Crippen LogP contribution in [0.3, 0.4) is 0 Å². The third-order valence-corrected chi connectivity index (χ3v) is 4.14. The lowest BCUT2D eigenvalue weighted by atomic mass is 10.1. The normalized spacial score (nSPS) is 15.3. The average Bonchev–Trinajstić information content (AvgIpc) is 2.57. The van der Waals surface area contributed by atoms with Crippen molar-refractivity contribution in [3.63, 3.8) is 0 Å². The molecule has 0 unspecified atom stereocenters. The predicted molar refractivity (Wildman–Crippen MR) is 90.1 cm³/mol. The average molecular weight is 281 g/mol. The van der Waals surface area contributed by atoms with Crippen LogP contribution >= 0.6 is 0 Å². The molecule has 3 nitrogen and oxygen atoms in total. The Morgan fingerprint density at radius 1 is 0.714 bits per heavy atom. The molecule has 0 radical (unpaired) electrons. The molecule has 3 rings (SSSR count). The second kappa shape index (κ2) is 6.64. The molecular formula is C18H23N3. The van der Waals surface area contributed by atoms with Gasteiger partial charge in [-0.1, -0.05) is 30.3 Å². The number of anilines is 2. The van der Waals surface area contributed by atoms with Gasteiger partial charge in [0.05, 0.1) is 0 Å². The maximum absolute atomic E-state index is 5.60. The van der Waals surface area contributed by atoms with Gasteiger partial charge in [0.25, 0.3) is 0 Å². The van der Waals surface area contributed by atoms with Crippen LogP contribution in [-0.4, -0.2) is 32.7 Å². The Labute approximate surface area is 127 Å². The topological polar surface area (TPSA) is 32.5 Å². The Hall–Kier alpha value is -2.00. The summed E-state index contributed by atoms with van der Waals surface area (Å²) in [4.78, 5) is 4.92. The molecular weight excluding hydrogens is 258 g/mol. The molecule has 0 aromatic heterocycles. The van der Waals surface area contributed by atoms with Crippen LogP contribution in [0.2, 0.25) is 0 Å². The van der Waals surface area contributed by atoms with E-state index in [0.29, 0.717) is 0 Å². The zero-order valence-electron chi connectivity index (χ0n) is 12.4. The van der Waals surface area contributed by atoms with E-state index in [1.54, 1.807) is 0 Å². The van der Waals surface area contributed by atoms with E-state index >= 15 is 0 Å². The van der Waals surface area contributed by atoms with Gasteiger partial charge in [0.15, 0.2) is 0 Å². The van der Waals surface area contributed by atoms with Crippen LogP contribution in [0, 0.1) is 0 Å². The zero-order chi connectivity index (χ0) is 14.5. The highest BCUT2D eigenvalue weighted by molar-refractivity contribution is 5.52. The van der Waals surface area contributed by atoms with Crippen molar-refractivity contribution in [2.24, 2.45) is 5.73 Å². The summed E-state index contributed by atoms with van der Waals surface area (Å²) in [6.45, 7) is 5.02. The minimum absolute atomic E-state index is 0.717. The van der Waals surface area contributed by atoms with Gasteiger partial charge in [-0.2, -0.15) is 0 Å². The third-order valence-electron chi connectivity index (χ3n) is 4.14. The molecule has 1 fully saturated rings. The van der Waals surface area contributed by atoms with Crippen molar-refractivity contribution < 1.29 is 0 Å². The van der Waals surface area contributed by atoms with E-state index in [-0.39, 0.29) is 0 Å². The molecule has 2 aromatic rings. The van der Waals surface area contributed by atoms with Gasteiger partial charge in [0.1, 0.15) is 0 Å². The van der Waals surface area contributed by atoms with Crippen LogP contribution < -0.4 is 15.5 Å². The molecule has 0 atom stereocenters. The standard InChI is InChI=1S/C18H23N3/c19-11-10-16-6-8-18(9-7-16)21-14-12-20(13-15-21)17-4-2-1-3-5-17/h1-9H,10-15,19H2. The van der Waals surface area contributed by atoms with Crippen molar-refractivity contribution >= 4 is 11.4 Å². The number of para-hydroxylation sites is 1. The van der Waals surface area contributed by atoms with Gasteiger partial charge in [-0.3, -0.25) is 0 Å². The monoisotopic (exact) mass is 281 g/mol. The van der Waals surface area contributed by atoms with Crippen LogP contribution in [0.1, 0.15) is 5.56 Å². The quantitative estimate of drug-likeness (QED) is 0.934. The first-order chi connectivity index (χ1) is 10.4. The Morgan fingerprint density at radius 2 is 1.24 bits per heavy atom. The molecule has 0 bridgehead atoms. The molecule has 1 aliphatic heterocycles. The number of nitrogens with two attached hydrogens (primary N) is 1. The van der Waals surface area contributed by atoms with E-state index in [2.05, 4.69) is 64.4 Å². The molecule has 2 N–H and O–H groups in total. The molecule has 1 saturated heterocycles. The Morgan fingerprint density at radius 3 is 1.76 bits per heavy atom. The fourth-order valence-corrected chi connectivity index (χ4v) is 2.90. The van der Waals surface area contributed by atoms with Crippen LogP contribution in [0.25, 0.3) is 0 Å². The molecule has 110 valence electrons. The first-order valence-electron chi connectivity index (χ1n) is 7.71. The molecule has 3 heteroatoms. The van der Waals surface area contributed by atoms with Crippen molar-refractivity contribution in [3.05, 3.63) is 60.2 Å².